The Morgan fingerprint density at radius 1 is 1.24 bits per heavy atom. The molecule has 0 radical (unpaired) electrons. The Morgan fingerprint density at radius 3 is 2.62 bits per heavy atom. The maximum absolute atomic E-state index is 12.1. The lowest BCUT2D eigenvalue weighted by Crippen LogP contribution is -2.23. The molecule has 6 heteroatoms. The average Bonchev–Trinajstić information content (AvgIpc) is 2.95. The highest BCUT2D eigenvalue weighted by Gasteiger charge is 2.15. The topological polar surface area (TPSA) is 80.9 Å². The molecule has 112 valence electrons. The molecule has 0 bridgehead atoms. The summed E-state index contributed by atoms with van der Waals surface area (Å²) in [6.07, 6.45) is 2.61. The number of nitrogens with one attached hydrogen (secondary N) is 1. The van der Waals surface area contributed by atoms with Crippen LogP contribution in [0.4, 0.5) is 0 Å². The molecule has 0 atom stereocenters. The zero-order valence-corrected chi connectivity index (χ0v) is 12.9. The fraction of sp³-hybridized carbons (Fsp3) is 0.400. The van der Waals surface area contributed by atoms with Crippen molar-refractivity contribution in [2.75, 3.05) is 6.54 Å². The lowest BCUT2D eigenvalue weighted by Gasteiger charge is -2.06. The zero-order valence-electron chi connectivity index (χ0n) is 12.1. The van der Waals surface area contributed by atoms with Gasteiger partial charge in [0, 0.05) is 6.54 Å². The Morgan fingerprint density at radius 2 is 1.95 bits per heavy atom. The van der Waals surface area contributed by atoms with Crippen LogP contribution in [0.3, 0.4) is 0 Å². The van der Waals surface area contributed by atoms with E-state index >= 15 is 0 Å². The van der Waals surface area contributed by atoms with E-state index in [1.54, 1.807) is 0 Å². The molecule has 0 aliphatic rings. The van der Waals surface area contributed by atoms with Crippen LogP contribution < -0.4 is 11.1 Å². The van der Waals surface area contributed by atoms with Gasteiger partial charge in [-0.25, -0.2) is 0 Å². The van der Waals surface area contributed by atoms with Crippen molar-refractivity contribution in [3.05, 3.63) is 46.0 Å². The van der Waals surface area contributed by atoms with Gasteiger partial charge in [-0.05, 0) is 42.0 Å². The molecule has 2 rings (SSSR count). The minimum Gasteiger partial charge on any atom is -0.347 e. The molecule has 1 aromatic heterocycles. The number of aromatic nitrogens is 2. The molecule has 0 spiro atoms. The first-order valence-electron chi connectivity index (χ1n) is 7.12. The van der Waals surface area contributed by atoms with E-state index in [4.69, 9.17) is 5.73 Å². The quantitative estimate of drug-likeness (QED) is 0.819. The molecule has 0 saturated carbocycles. The Hall–Kier alpha value is -1.79. The van der Waals surface area contributed by atoms with Crippen molar-refractivity contribution in [2.45, 2.75) is 32.7 Å². The van der Waals surface area contributed by atoms with Gasteiger partial charge in [0.25, 0.3) is 5.91 Å². The number of aryl methyl sites for hydroxylation is 1. The Balaban J connectivity index is 1.92. The van der Waals surface area contributed by atoms with Crippen LogP contribution in [0.25, 0.3) is 0 Å². The van der Waals surface area contributed by atoms with Gasteiger partial charge in [0.05, 0.1) is 5.69 Å². The molecule has 1 aromatic carbocycles. The summed E-state index contributed by atoms with van der Waals surface area (Å²) in [6, 6.07) is 8.13. The third-order valence-corrected chi connectivity index (χ3v) is 3.92. The van der Waals surface area contributed by atoms with Gasteiger partial charge >= 0.3 is 0 Å². The summed E-state index contributed by atoms with van der Waals surface area (Å²) in [4.78, 5) is 12.8. The summed E-state index contributed by atoms with van der Waals surface area (Å²) in [6.45, 7) is 3.21. The van der Waals surface area contributed by atoms with Gasteiger partial charge in [-0.3, -0.25) is 4.79 Å². The summed E-state index contributed by atoms with van der Waals surface area (Å²) in [5, 5.41) is 6.93. The van der Waals surface area contributed by atoms with Gasteiger partial charge < -0.3 is 11.1 Å². The summed E-state index contributed by atoms with van der Waals surface area (Å²) in [5.41, 5.74) is 8.59. The van der Waals surface area contributed by atoms with Crippen molar-refractivity contribution in [3.8, 4) is 0 Å². The number of nitrogens with two attached hydrogens (primary N) is 1. The second-order valence-corrected chi connectivity index (χ2v) is 5.59. The van der Waals surface area contributed by atoms with Gasteiger partial charge in [-0.2, -0.15) is 0 Å². The fourth-order valence-electron chi connectivity index (χ4n) is 2.03. The minimum absolute atomic E-state index is 0.0977. The monoisotopic (exact) mass is 304 g/mol. The second kappa shape index (κ2) is 7.85. The van der Waals surface area contributed by atoms with Crippen molar-refractivity contribution in [2.24, 2.45) is 5.73 Å². The third kappa shape index (κ3) is 4.34. The first-order chi connectivity index (χ1) is 10.2. The predicted octanol–water partition coefficient (Wildman–Crippen LogP) is 1.92. The van der Waals surface area contributed by atoms with Crippen molar-refractivity contribution >= 4 is 17.4 Å². The maximum Gasteiger partial charge on any atom is 0.265 e. The standard InChI is InChI=1S/C15H20N4OS/c1-2-3-13-14(21-19-18-13)15(20)17-10-12-6-4-11(5-7-12)8-9-16/h4-7H,2-3,8-10,16H2,1H3,(H,17,20). The number of carbonyl (C=O) groups is 1. The van der Waals surface area contributed by atoms with Gasteiger partial charge in [0.15, 0.2) is 0 Å². The summed E-state index contributed by atoms with van der Waals surface area (Å²) < 4.78 is 3.87. The number of carbonyl (C=O) groups excluding carboxylic acids is 1. The molecule has 0 aliphatic carbocycles. The molecule has 0 fully saturated rings. The highest BCUT2D eigenvalue weighted by Crippen LogP contribution is 2.13. The van der Waals surface area contributed by atoms with E-state index in [-0.39, 0.29) is 5.91 Å². The first kappa shape index (κ1) is 15.6. The van der Waals surface area contributed by atoms with Crippen LogP contribution in [-0.2, 0) is 19.4 Å². The van der Waals surface area contributed by atoms with E-state index in [0.29, 0.717) is 18.0 Å². The molecular formula is C15H20N4OS. The molecule has 0 unspecified atom stereocenters. The average molecular weight is 304 g/mol. The van der Waals surface area contributed by atoms with Crippen LogP contribution >= 0.6 is 11.5 Å². The van der Waals surface area contributed by atoms with Crippen molar-refractivity contribution in [1.29, 1.82) is 0 Å². The van der Waals surface area contributed by atoms with E-state index in [0.717, 1.165) is 42.1 Å². The highest BCUT2D eigenvalue weighted by atomic mass is 32.1. The van der Waals surface area contributed by atoms with Crippen molar-refractivity contribution in [3.63, 3.8) is 0 Å². The molecule has 0 saturated heterocycles. The van der Waals surface area contributed by atoms with E-state index < -0.39 is 0 Å². The fourth-order valence-corrected chi connectivity index (χ4v) is 2.66. The largest absolute Gasteiger partial charge is 0.347 e. The SMILES string of the molecule is CCCc1nnsc1C(=O)NCc1ccc(CCN)cc1. The summed E-state index contributed by atoms with van der Waals surface area (Å²) in [7, 11) is 0. The van der Waals surface area contributed by atoms with Gasteiger partial charge in [-0.1, -0.05) is 42.1 Å². The molecule has 5 nitrogen and oxygen atoms in total. The molecular weight excluding hydrogens is 284 g/mol. The van der Waals surface area contributed by atoms with Crippen LogP contribution in [0.2, 0.25) is 0 Å². The molecule has 21 heavy (non-hydrogen) atoms. The van der Waals surface area contributed by atoms with Gasteiger partial charge in [0.2, 0.25) is 0 Å². The summed E-state index contributed by atoms with van der Waals surface area (Å²) in [5.74, 6) is -0.0977. The number of rotatable bonds is 7. The normalized spacial score (nSPS) is 10.6. The van der Waals surface area contributed by atoms with Crippen LogP contribution in [0, 0.1) is 0 Å². The molecule has 3 N–H and O–H groups in total. The van der Waals surface area contributed by atoms with Crippen LogP contribution in [0.15, 0.2) is 24.3 Å². The number of hydrogen-bond acceptors (Lipinski definition) is 5. The smallest absolute Gasteiger partial charge is 0.265 e. The van der Waals surface area contributed by atoms with Gasteiger partial charge in [-0.15, -0.1) is 5.10 Å². The molecule has 1 amide bonds. The third-order valence-electron chi connectivity index (χ3n) is 3.16. The van der Waals surface area contributed by atoms with Crippen LogP contribution in [-0.4, -0.2) is 22.0 Å². The molecule has 2 aromatic rings. The first-order valence-corrected chi connectivity index (χ1v) is 7.89. The van der Waals surface area contributed by atoms with E-state index in [9.17, 15) is 4.79 Å². The Bertz CT molecular complexity index is 580. The minimum atomic E-state index is -0.0977. The number of nitrogens with zero attached hydrogens (tertiary/aromatic N) is 2. The Kier molecular flexibility index (Phi) is 5.83. The van der Waals surface area contributed by atoms with E-state index in [1.165, 1.54) is 5.56 Å². The number of hydrogen-bond donors (Lipinski definition) is 2. The number of amides is 1. The van der Waals surface area contributed by atoms with Gasteiger partial charge in [0.1, 0.15) is 4.88 Å². The number of benzene rings is 1. The zero-order chi connectivity index (χ0) is 15.1. The van der Waals surface area contributed by atoms with E-state index in [2.05, 4.69) is 21.8 Å². The Labute approximate surface area is 128 Å². The lowest BCUT2D eigenvalue weighted by atomic mass is 10.1. The van der Waals surface area contributed by atoms with E-state index in [1.807, 2.05) is 24.3 Å². The van der Waals surface area contributed by atoms with Crippen molar-refractivity contribution < 1.29 is 4.79 Å². The summed E-state index contributed by atoms with van der Waals surface area (Å²) >= 11 is 1.15. The molecule has 1 heterocycles. The lowest BCUT2D eigenvalue weighted by molar-refractivity contribution is 0.0954. The molecule has 0 aliphatic heterocycles. The van der Waals surface area contributed by atoms with Crippen LogP contribution in [0.1, 0.15) is 39.8 Å². The predicted molar refractivity (Wildman–Crippen MR) is 84.3 cm³/mol. The van der Waals surface area contributed by atoms with Crippen LogP contribution in [0.5, 0.6) is 0 Å². The second-order valence-electron chi connectivity index (χ2n) is 4.84. The highest BCUT2D eigenvalue weighted by molar-refractivity contribution is 7.08. The maximum atomic E-state index is 12.1. The van der Waals surface area contributed by atoms with Crippen molar-refractivity contribution in [1.82, 2.24) is 14.9 Å².